The van der Waals surface area contributed by atoms with Crippen LogP contribution in [-0.4, -0.2) is 35.2 Å². The van der Waals surface area contributed by atoms with E-state index in [9.17, 15) is 24.5 Å². The number of amides is 3. The first-order chi connectivity index (χ1) is 15.7. The second kappa shape index (κ2) is 10.4. The molecule has 174 valence electrons. The van der Waals surface area contributed by atoms with Crippen molar-refractivity contribution in [3.63, 3.8) is 0 Å². The topological polar surface area (TPSA) is 122 Å². The number of benzene rings is 2. The van der Waals surface area contributed by atoms with Crippen LogP contribution in [0.15, 0.2) is 42.5 Å². The van der Waals surface area contributed by atoms with Crippen molar-refractivity contribution >= 4 is 40.7 Å². The Morgan fingerprint density at radius 3 is 2.45 bits per heavy atom. The van der Waals surface area contributed by atoms with E-state index in [0.29, 0.717) is 13.0 Å². The third-order valence-corrected chi connectivity index (χ3v) is 5.75. The molecule has 0 saturated carbocycles. The van der Waals surface area contributed by atoms with Crippen LogP contribution in [0.2, 0.25) is 5.02 Å². The largest absolute Gasteiger partial charge is 0.350 e. The molecule has 10 heteroatoms. The van der Waals surface area contributed by atoms with Crippen LogP contribution in [0.1, 0.15) is 42.6 Å². The average molecular weight is 473 g/mol. The Labute approximate surface area is 196 Å². The van der Waals surface area contributed by atoms with Crippen molar-refractivity contribution in [1.82, 2.24) is 10.6 Å². The quantitative estimate of drug-likeness (QED) is 0.450. The van der Waals surface area contributed by atoms with Gasteiger partial charge in [0.25, 0.3) is 11.6 Å². The minimum absolute atomic E-state index is 0.0385. The molecule has 2 aromatic rings. The molecule has 0 unspecified atom stereocenters. The maximum atomic E-state index is 12.8. The van der Waals surface area contributed by atoms with Gasteiger partial charge in [-0.05, 0) is 42.2 Å². The van der Waals surface area contributed by atoms with Crippen LogP contribution in [0.3, 0.4) is 0 Å². The summed E-state index contributed by atoms with van der Waals surface area (Å²) in [5.74, 6) is -1.10. The molecule has 0 radical (unpaired) electrons. The van der Waals surface area contributed by atoms with Gasteiger partial charge in [-0.25, -0.2) is 0 Å². The Bertz CT molecular complexity index is 1070. The summed E-state index contributed by atoms with van der Waals surface area (Å²) in [6.45, 7) is 4.54. The highest BCUT2D eigenvalue weighted by molar-refractivity contribution is 6.32. The molecular formula is C23H25ClN4O5. The SMILES string of the molecule is CC(C)[C@H](NC(=O)c1ccc(Cl)c([N+](=O)[O-])c1)C(=O)NCc1ccc(N2CCCC2=O)cc1. The molecule has 1 saturated heterocycles. The van der Waals surface area contributed by atoms with Gasteiger partial charge in [-0.2, -0.15) is 0 Å². The van der Waals surface area contributed by atoms with Gasteiger partial charge in [-0.3, -0.25) is 24.5 Å². The van der Waals surface area contributed by atoms with Crippen LogP contribution in [-0.2, 0) is 16.1 Å². The summed E-state index contributed by atoms with van der Waals surface area (Å²) in [7, 11) is 0. The Balaban J connectivity index is 1.62. The van der Waals surface area contributed by atoms with Crippen molar-refractivity contribution in [1.29, 1.82) is 0 Å². The number of nitrogens with one attached hydrogen (secondary N) is 2. The Hall–Kier alpha value is -3.46. The lowest BCUT2D eigenvalue weighted by Gasteiger charge is -2.22. The summed E-state index contributed by atoms with van der Waals surface area (Å²) in [4.78, 5) is 49.4. The van der Waals surface area contributed by atoms with E-state index in [1.165, 1.54) is 12.1 Å². The molecule has 0 aromatic heterocycles. The lowest BCUT2D eigenvalue weighted by molar-refractivity contribution is -0.384. The first kappa shape index (κ1) is 24.2. The normalized spacial score (nSPS) is 14.3. The molecule has 0 bridgehead atoms. The summed E-state index contributed by atoms with van der Waals surface area (Å²) in [6, 6.07) is 10.3. The second-order valence-corrected chi connectivity index (χ2v) is 8.56. The van der Waals surface area contributed by atoms with E-state index in [1.807, 2.05) is 24.3 Å². The maximum absolute atomic E-state index is 12.8. The van der Waals surface area contributed by atoms with Gasteiger partial charge in [0.1, 0.15) is 11.1 Å². The fraction of sp³-hybridized carbons (Fsp3) is 0.348. The number of carbonyl (C=O) groups excluding carboxylic acids is 3. The number of nitro groups is 1. The van der Waals surface area contributed by atoms with Gasteiger partial charge in [0.15, 0.2) is 0 Å². The van der Waals surface area contributed by atoms with Crippen molar-refractivity contribution in [2.45, 2.75) is 39.3 Å². The zero-order valence-corrected chi connectivity index (χ0v) is 19.1. The van der Waals surface area contributed by atoms with Crippen molar-refractivity contribution < 1.29 is 19.3 Å². The molecule has 0 aliphatic carbocycles. The maximum Gasteiger partial charge on any atom is 0.288 e. The number of halogens is 1. The summed E-state index contributed by atoms with van der Waals surface area (Å²) >= 11 is 5.80. The van der Waals surface area contributed by atoms with Crippen LogP contribution in [0.5, 0.6) is 0 Å². The van der Waals surface area contributed by atoms with Crippen LogP contribution in [0.25, 0.3) is 0 Å². The summed E-state index contributed by atoms with van der Waals surface area (Å²) in [5, 5.41) is 16.5. The highest BCUT2D eigenvalue weighted by Crippen LogP contribution is 2.25. The molecule has 1 aliphatic rings. The Kier molecular flexibility index (Phi) is 7.65. The number of nitrogens with zero attached hydrogens (tertiary/aromatic N) is 2. The van der Waals surface area contributed by atoms with Crippen molar-refractivity contribution in [2.24, 2.45) is 5.92 Å². The van der Waals surface area contributed by atoms with Crippen LogP contribution in [0, 0.1) is 16.0 Å². The molecular weight excluding hydrogens is 448 g/mol. The summed E-state index contributed by atoms with van der Waals surface area (Å²) in [5.41, 5.74) is 1.34. The van der Waals surface area contributed by atoms with Gasteiger partial charge in [0, 0.05) is 36.8 Å². The summed E-state index contributed by atoms with van der Waals surface area (Å²) < 4.78 is 0. The van der Waals surface area contributed by atoms with Gasteiger partial charge < -0.3 is 15.5 Å². The number of hydrogen-bond acceptors (Lipinski definition) is 5. The van der Waals surface area contributed by atoms with E-state index in [0.717, 1.165) is 23.7 Å². The van der Waals surface area contributed by atoms with E-state index in [-0.39, 0.29) is 40.6 Å². The lowest BCUT2D eigenvalue weighted by Crippen LogP contribution is -2.49. The molecule has 1 heterocycles. The van der Waals surface area contributed by atoms with E-state index < -0.39 is 16.9 Å². The lowest BCUT2D eigenvalue weighted by atomic mass is 10.0. The molecule has 33 heavy (non-hydrogen) atoms. The van der Waals surface area contributed by atoms with Crippen LogP contribution < -0.4 is 15.5 Å². The van der Waals surface area contributed by atoms with Gasteiger partial charge in [-0.15, -0.1) is 0 Å². The highest BCUT2D eigenvalue weighted by atomic mass is 35.5. The Morgan fingerprint density at radius 1 is 1.18 bits per heavy atom. The number of anilines is 1. The van der Waals surface area contributed by atoms with Crippen molar-refractivity contribution in [2.75, 3.05) is 11.4 Å². The minimum Gasteiger partial charge on any atom is -0.350 e. The van der Waals surface area contributed by atoms with Gasteiger partial charge in [0.05, 0.1) is 4.92 Å². The van der Waals surface area contributed by atoms with E-state index in [1.54, 1.807) is 18.7 Å². The average Bonchev–Trinajstić information content (AvgIpc) is 3.21. The standard InChI is InChI=1S/C23H25ClN4O5/c1-14(2)21(26-22(30)16-7-10-18(24)19(12-16)28(32)33)23(31)25-13-15-5-8-17(9-6-15)27-11-3-4-20(27)29/h5-10,12,14,21H,3-4,11,13H2,1-2H3,(H,25,31)(H,26,30)/t21-/m0/s1. The van der Waals surface area contributed by atoms with Crippen LogP contribution >= 0.6 is 11.6 Å². The third kappa shape index (κ3) is 5.87. The monoisotopic (exact) mass is 472 g/mol. The summed E-state index contributed by atoms with van der Waals surface area (Å²) in [6.07, 6.45) is 1.41. The fourth-order valence-corrected chi connectivity index (χ4v) is 3.75. The molecule has 2 aromatic carbocycles. The number of hydrogen-bond donors (Lipinski definition) is 2. The Morgan fingerprint density at radius 2 is 1.88 bits per heavy atom. The van der Waals surface area contributed by atoms with Gasteiger partial charge in [-0.1, -0.05) is 37.6 Å². The number of carbonyl (C=O) groups is 3. The van der Waals surface area contributed by atoms with E-state index in [2.05, 4.69) is 10.6 Å². The first-order valence-electron chi connectivity index (χ1n) is 10.6. The molecule has 9 nitrogen and oxygen atoms in total. The highest BCUT2D eigenvalue weighted by Gasteiger charge is 2.26. The van der Waals surface area contributed by atoms with Crippen molar-refractivity contribution in [3.8, 4) is 0 Å². The molecule has 1 aliphatic heterocycles. The predicted octanol–water partition coefficient (Wildman–Crippen LogP) is 3.45. The van der Waals surface area contributed by atoms with Gasteiger partial charge >= 0.3 is 0 Å². The molecule has 2 N–H and O–H groups in total. The fourth-order valence-electron chi connectivity index (χ4n) is 3.57. The van der Waals surface area contributed by atoms with E-state index >= 15 is 0 Å². The zero-order chi connectivity index (χ0) is 24.1. The van der Waals surface area contributed by atoms with Gasteiger partial charge in [0.2, 0.25) is 11.8 Å². The second-order valence-electron chi connectivity index (χ2n) is 8.15. The smallest absolute Gasteiger partial charge is 0.288 e. The molecule has 1 atom stereocenters. The molecule has 3 rings (SSSR count). The molecule has 1 fully saturated rings. The van der Waals surface area contributed by atoms with E-state index in [4.69, 9.17) is 11.6 Å². The first-order valence-corrected chi connectivity index (χ1v) is 11.0. The minimum atomic E-state index is -0.839. The molecule has 0 spiro atoms. The number of nitro benzene ring substituents is 1. The number of rotatable bonds is 8. The van der Waals surface area contributed by atoms with Crippen LogP contribution in [0.4, 0.5) is 11.4 Å². The molecule has 3 amide bonds. The predicted molar refractivity (Wildman–Crippen MR) is 124 cm³/mol. The third-order valence-electron chi connectivity index (χ3n) is 5.43. The zero-order valence-electron chi connectivity index (χ0n) is 18.3. The van der Waals surface area contributed by atoms with Crippen molar-refractivity contribution in [3.05, 3.63) is 68.7 Å².